The molecule has 0 radical (unpaired) electrons. The number of rotatable bonds is 13. The van der Waals surface area contributed by atoms with Crippen LogP contribution in [0.3, 0.4) is 0 Å². The molecule has 1 atom stereocenters. The van der Waals surface area contributed by atoms with Crippen LogP contribution in [0.5, 0.6) is 23.0 Å². The molecule has 198 valence electrons. The number of para-hydroxylation sites is 1. The van der Waals surface area contributed by atoms with Crippen molar-refractivity contribution in [1.29, 1.82) is 0 Å². The second-order valence-electron chi connectivity index (χ2n) is 8.36. The Labute approximate surface area is 215 Å². The number of carbonyl (C=O) groups excluding carboxylic acids is 1. The summed E-state index contributed by atoms with van der Waals surface area (Å²) in [7, 11) is 0. The van der Waals surface area contributed by atoms with Gasteiger partial charge in [0.1, 0.15) is 11.5 Å². The molecule has 5 nitrogen and oxygen atoms in total. The first-order chi connectivity index (χ1) is 17.8. The molecule has 0 amide bonds. The molecule has 0 aliphatic heterocycles. The van der Waals surface area contributed by atoms with Crippen molar-refractivity contribution < 1.29 is 36.9 Å². The van der Waals surface area contributed by atoms with E-state index in [0.717, 1.165) is 25.7 Å². The summed E-state index contributed by atoms with van der Waals surface area (Å²) in [5.74, 6) is 0.541. The number of hydrogen-bond donors (Lipinski definition) is 0. The molecule has 0 aromatic heterocycles. The van der Waals surface area contributed by atoms with Crippen molar-refractivity contribution in [2.24, 2.45) is 0 Å². The minimum atomic E-state index is -4.77. The summed E-state index contributed by atoms with van der Waals surface area (Å²) in [5, 5.41) is 0. The fourth-order valence-corrected chi connectivity index (χ4v) is 3.70. The van der Waals surface area contributed by atoms with Gasteiger partial charge in [0.05, 0.1) is 6.61 Å². The van der Waals surface area contributed by atoms with Gasteiger partial charge in [-0.1, -0.05) is 62.6 Å². The molecule has 0 saturated carbocycles. The molecule has 0 aliphatic carbocycles. The highest BCUT2D eigenvalue weighted by Crippen LogP contribution is 2.37. The maximum atomic E-state index is 12.7. The lowest BCUT2D eigenvalue weighted by Gasteiger charge is -2.20. The SMILES string of the molecule is CCCCCCC(Oc1cc(-c2ccc(OC(F)(F)F)cc2)ccc1Oc1ccccc1)C(=O)OCC. The van der Waals surface area contributed by atoms with E-state index in [1.807, 2.05) is 18.2 Å². The molecular weight excluding hydrogens is 485 g/mol. The zero-order chi connectivity index (χ0) is 26.7. The molecule has 0 saturated heterocycles. The van der Waals surface area contributed by atoms with Gasteiger partial charge in [0, 0.05) is 0 Å². The summed E-state index contributed by atoms with van der Waals surface area (Å²) in [5.41, 5.74) is 1.31. The van der Waals surface area contributed by atoms with Gasteiger partial charge in [0.25, 0.3) is 0 Å². The summed E-state index contributed by atoms with van der Waals surface area (Å²) >= 11 is 0. The van der Waals surface area contributed by atoms with Crippen molar-refractivity contribution in [1.82, 2.24) is 0 Å². The summed E-state index contributed by atoms with van der Waals surface area (Å²) in [6, 6.07) is 19.8. The fourth-order valence-electron chi connectivity index (χ4n) is 3.70. The number of alkyl halides is 3. The van der Waals surface area contributed by atoms with Crippen LogP contribution in [-0.2, 0) is 9.53 Å². The predicted molar refractivity (Wildman–Crippen MR) is 135 cm³/mol. The van der Waals surface area contributed by atoms with Gasteiger partial charge in [-0.3, -0.25) is 0 Å². The van der Waals surface area contributed by atoms with Crippen molar-refractivity contribution in [3.05, 3.63) is 72.8 Å². The molecule has 0 aliphatic rings. The first-order valence-electron chi connectivity index (χ1n) is 12.4. The number of benzene rings is 3. The Hall–Kier alpha value is -3.68. The largest absolute Gasteiger partial charge is 0.573 e. The molecule has 0 spiro atoms. The molecule has 0 heterocycles. The Kier molecular flexibility index (Phi) is 10.2. The van der Waals surface area contributed by atoms with Gasteiger partial charge in [-0.05, 0) is 67.3 Å². The van der Waals surface area contributed by atoms with E-state index in [1.165, 1.54) is 24.3 Å². The van der Waals surface area contributed by atoms with Crippen molar-refractivity contribution in [3.8, 4) is 34.1 Å². The van der Waals surface area contributed by atoms with Crippen LogP contribution in [0, 0.1) is 0 Å². The predicted octanol–water partition coefficient (Wildman–Crippen LogP) is 8.33. The monoisotopic (exact) mass is 516 g/mol. The highest BCUT2D eigenvalue weighted by atomic mass is 19.4. The summed E-state index contributed by atoms with van der Waals surface area (Å²) in [6.45, 7) is 4.08. The lowest BCUT2D eigenvalue weighted by atomic mass is 10.0. The number of esters is 1. The molecular formula is C29H31F3O5. The highest BCUT2D eigenvalue weighted by molar-refractivity contribution is 5.75. The minimum absolute atomic E-state index is 0.230. The number of carbonyl (C=O) groups is 1. The Morgan fingerprint density at radius 3 is 2.16 bits per heavy atom. The molecule has 0 fully saturated rings. The zero-order valence-electron chi connectivity index (χ0n) is 20.9. The van der Waals surface area contributed by atoms with E-state index in [9.17, 15) is 18.0 Å². The average Bonchev–Trinajstić information content (AvgIpc) is 2.87. The van der Waals surface area contributed by atoms with Crippen LogP contribution < -0.4 is 14.2 Å². The first-order valence-corrected chi connectivity index (χ1v) is 12.4. The third kappa shape index (κ3) is 9.04. The van der Waals surface area contributed by atoms with Gasteiger partial charge in [-0.2, -0.15) is 0 Å². The van der Waals surface area contributed by atoms with Crippen molar-refractivity contribution in [3.63, 3.8) is 0 Å². The van der Waals surface area contributed by atoms with E-state index >= 15 is 0 Å². The Bertz CT molecular complexity index is 1110. The Morgan fingerprint density at radius 1 is 0.811 bits per heavy atom. The number of unbranched alkanes of at least 4 members (excludes halogenated alkanes) is 3. The molecule has 3 rings (SSSR count). The summed E-state index contributed by atoms with van der Waals surface area (Å²) < 4.78 is 59.0. The standard InChI is InChI=1S/C29H31F3O5/c1-3-5-6-10-13-26(28(33)34-4-2)36-27-20-22(16-19-25(27)35-23-11-8-7-9-12-23)21-14-17-24(18-15-21)37-29(30,31)32/h7-9,11-12,14-20,26H,3-6,10,13H2,1-2H3. The molecule has 3 aromatic carbocycles. The van der Waals surface area contributed by atoms with E-state index in [0.29, 0.717) is 34.8 Å². The first kappa shape index (κ1) is 27.9. The van der Waals surface area contributed by atoms with Crippen molar-refractivity contribution >= 4 is 5.97 Å². The molecule has 37 heavy (non-hydrogen) atoms. The molecule has 1 unspecified atom stereocenters. The van der Waals surface area contributed by atoms with E-state index in [4.69, 9.17) is 14.2 Å². The molecule has 8 heteroatoms. The van der Waals surface area contributed by atoms with Crippen LogP contribution in [0.4, 0.5) is 13.2 Å². The second-order valence-corrected chi connectivity index (χ2v) is 8.36. The lowest BCUT2D eigenvalue weighted by molar-refractivity contribution is -0.274. The van der Waals surface area contributed by atoms with Gasteiger partial charge in [-0.25, -0.2) is 4.79 Å². The molecule has 3 aromatic rings. The third-order valence-corrected chi connectivity index (χ3v) is 5.47. The van der Waals surface area contributed by atoms with Gasteiger partial charge in [-0.15, -0.1) is 13.2 Å². The normalized spacial score (nSPS) is 12.0. The molecule has 0 N–H and O–H groups in total. The van der Waals surface area contributed by atoms with Crippen molar-refractivity contribution in [2.45, 2.75) is 58.4 Å². The fraction of sp³-hybridized carbons (Fsp3) is 0.345. The van der Waals surface area contributed by atoms with Gasteiger partial charge in [0.15, 0.2) is 17.6 Å². The van der Waals surface area contributed by atoms with E-state index in [2.05, 4.69) is 11.7 Å². The van der Waals surface area contributed by atoms with Gasteiger partial charge >= 0.3 is 12.3 Å². The van der Waals surface area contributed by atoms with Crippen LogP contribution in [-0.4, -0.2) is 25.0 Å². The Morgan fingerprint density at radius 2 is 1.51 bits per heavy atom. The maximum absolute atomic E-state index is 12.7. The van der Waals surface area contributed by atoms with Crippen LogP contribution in [0.2, 0.25) is 0 Å². The van der Waals surface area contributed by atoms with Crippen LogP contribution in [0.1, 0.15) is 46.0 Å². The maximum Gasteiger partial charge on any atom is 0.573 e. The molecule has 0 bridgehead atoms. The lowest BCUT2D eigenvalue weighted by Crippen LogP contribution is -2.29. The number of hydrogen-bond acceptors (Lipinski definition) is 5. The summed E-state index contributed by atoms with van der Waals surface area (Å²) in [6.07, 6.45) is -1.22. The second kappa shape index (κ2) is 13.6. The smallest absolute Gasteiger partial charge is 0.475 e. The topological polar surface area (TPSA) is 54.0 Å². The zero-order valence-corrected chi connectivity index (χ0v) is 20.9. The van der Waals surface area contributed by atoms with Crippen LogP contribution in [0.15, 0.2) is 72.8 Å². The van der Waals surface area contributed by atoms with Crippen LogP contribution >= 0.6 is 0 Å². The minimum Gasteiger partial charge on any atom is -0.475 e. The van der Waals surface area contributed by atoms with Crippen molar-refractivity contribution in [2.75, 3.05) is 6.61 Å². The number of ether oxygens (including phenoxy) is 4. The number of halogens is 3. The van der Waals surface area contributed by atoms with Crippen LogP contribution in [0.25, 0.3) is 11.1 Å². The van der Waals surface area contributed by atoms with Gasteiger partial charge in [0.2, 0.25) is 0 Å². The third-order valence-electron chi connectivity index (χ3n) is 5.47. The van der Waals surface area contributed by atoms with E-state index in [1.54, 1.807) is 37.3 Å². The quantitative estimate of drug-likeness (QED) is 0.169. The summed E-state index contributed by atoms with van der Waals surface area (Å²) in [4.78, 5) is 12.7. The van der Waals surface area contributed by atoms with E-state index in [-0.39, 0.29) is 12.4 Å². The highest BCUT2D eigenvalue weighted by Gasteiger charge is 2.31. The van der Waals surface area contributed by atoms with E-state index < -0.39 is 18.4 Å². The van der Waals surface area contributed by atoms with Gasteiger partial charge < -0.3 is 18.9 Å². The Balaban J connectivity index is 1.91. The average molecular weight is 517 g/mol.